The number of hydrogen-bond donors (Lipinski definition) is 8. The lowest BCUT2D eigenvalue weighted by molar-refractivity contribution is -0.266. The molecule has 19 nitrogen and oxygen atoms in total. The van der Waals surface area contributed by atoms with Crippen LogP contribution in [0, 0.1) is 0 Å². The fraction of sp³-hybridized carbons (Fsp3) is 0.667. The molecule has 3 heterocycles. The van der Waals surface area contributed by atoms with E-state index in [9.17, 15) is 58.8 Å². The van der Waals surface area contributed by atoms with Crippen LogP contribution >= 0.6 is 15.6 Å². The Kier molecular flexibility index (Phi) is 8.81. The summed E-state index contributed by atoms with van der Waals surface area (Å²) < 4.78 is 47.8. The number of nitrogens with one attached hydrogen (secondary N) is 1. The third-order valence-corrected chi connectivity index (χ3v) is 7.65. The van der Waals surface area contributed by atoms with Crippen molar-refractivity contribution in [2.75, 3.05) is 6.61 Å². The fourth-order valence-electron chi connectivity index (χ4n) is 3.27. The average Bonchev–Trinajstić information content (AvgIpc) is 3.06. The number of H-pyrrole nitrogens is 1. The molecule has 0 radical (unpaired) electrons. The molecule has 8 N–H and O–H groups in total. The summed E-state index contributed by atoms with van der Waals surface area (Å²) in [5, 5.41) is 49.3. The molecule has 0 bridgehead atoms. The van der Waals surface area contributed by atoms with Gasteiger partial charge in [0.05, 0.1) is 6.61 Å². The van der Waals surface area contributed by atoms with Crippen LogP contribution in [0.4, 0.5) is 0 Å². The van der Waals surface area contributed by atoms with Gasteiger partial charge >= 0.3 is 21.3 Å². The third-order valence-electron chi connectivity index (χ3n) is 5.05. The Morgan fingerprint density at radius 3 is 2.25 bits per heavy atom. The molecule has 21 heteroatoms. The lowest BCUT2D eigenvalue weighted by atomic mass is 10.00. The molecule has 2 aliphatic heterocycles. The molecule has 0 amide bonds. The van der Waals surface area contributed by atoms with Crippen LogP contribution in [0.5, 0.6) is 0 Å². The molecule has 0 spiro atoms. The number of rotatable bonds is 9. The van der Waals surface area contributed by atoms with Gasteiger partial charge in [-0.05, 0) is 0 Å². The predicted molar refractivity (Wildman–Crippen MR) is 108 cm³/mol. The molecule has 3 rings (SSSR count). The number of carbonyl (C=O) groups is 1. The molecule has 1 aromatic rings. The van der Waals surface area contributed by atoms with Crippen LogP contribution in [0.15, 0.2) is 21.9 Å². The van der Waals surface area contributed by atoms with Crippen molar-refractivity contribution in [3.8, 4) is 0 Å². The van der Waals surface area contributed by atoms with Crippen LogP contribution < -0.4 is 11.2 Å². The summed E-state index contributed by atoms with van der Waals surface area (Å²) in [5.41, 5.74) is -1.76. The van der Waals surface area contributed by atoms with Gasteiger partial charge in [0.1, 0.15) is 42.7 Å². The van der Waals surface area contributed by atoms with Gasteiger partial charge in [-0.15, -0.1) is 0 Å². The highest BCUT2D eigenvalue weighted by atomic mass is 31.3. The van der Waals surface area contributed by atoms with Gasteiger partial charge < -0.3 is 49.6 Å². The van der Waals surface area contributed by atoms with E-state index in [1.807, 2.05) is 4.98 Å². The van der Waals surface area contributed by atoms with Crippen molar-refractivity contribution in [2.24, 2.45) is 0 Å². The summed E-state index contributed by atoms with van der Waals surface area (Å²) in [6.07, 6.45) is -16.0. The average molecular weight is 564 g/mol. The number of phosphoric acid groups is 2. The lowest BCUT2D eigenvalue weighted by Crippen LogP contribution is -2.58. The first-order valence-electron chi connectivity index (χ1n) is 9.83. The Morgan fingerprint density at radius 2 is 1.64 bits per heavy atom. The maximum absolute atomic E-state index is 12.1. The zero-order valence-corrected chi connectivity index (χ0v) is 19.5. The first-order chi connectivity index (χ1) is 16.7. The molecule has 2 aliphatic rings. The van der Waals surface area contributed by atoms with Crippen LogP contribution in [0.25, 0.3) is 0 Å². The van der Waals surface area contributed by atoms with Gasteiger partial charge in [-0.1, -0.05) is 0 Å². The second-order valence-electron chi connectivity index (χ2n) is 7.56. The Hall–Kier alpha value is -1.67. The number of phosphoric ester groups is 2. The lowest BCUT2D eigenvalue weighted by Gasteiger charge is -2.38. The van der Waals surface area contributed by atoms with Crippen LogP contribution in [0.3, 0.4) is 0 Å². The van der Waals surface area contributed by atoms with E-state index < -0.39 is 88.7 Å². The number of aliphatic hydroxyl groups is 5. The van der Waals surface area contributed by atoms with Gasteiger partial charge in [-0.3, -0.25) is 23.4 Å². The van der Waals surface area contributed by atoms with Crippen LogP contribution in [0.1, 0.15) is 6.23 Å². The standard InChI is InChI=1S/C15H22N2O17P2/c18-3-5-8(20)10(22)12(24)14(32-5)33-36(28,29)34-35(26,27)30-4-6-9(21)11(23)13(31-6)17-2-1-7(19)16-15(17)25/h1-3,5-6,8-14,20-24H,4H2,(H,26,27)(H,28,29)(H,16,19,25)/t5-,6-,8+,9+,10+,11?,12-,13-,14-/m1/s1. The van der Waals surface area contributed by atoms with Crippen molar-refractivity contribution in [3.63, 3.8) is 0 Å². The predicted octanol–water partition coefficient (Wildman–Crippen LogP) is -4.59. The maximum atomic E-state index is 12.1. The molecule has 2 saturated heterocycles. The minimum Gasteiger partial charge on any atom is -0.387 e. The highest BCUT2D eigenvalue weighted by Crippen LogP contribution is 2.61. The summed E-state index contributed by atoms with van der Waals surface area (Å²) in [5.74, 6) is 0. The van der Waals surface area contributed by atoms with E-state index in [-0.39, 0.29) is 6.29 Å². The summed E-state index contributed by atoms with van der Waals surface area (Å²) >= 11 is 0. The van der Waals surface area contributed by atoms with Gasteiger partial charge in [0, 0.05) is 12.3 Å². The molecule has 0 aromatic carbocycles. The number of ether oxygens (including phenoxy) is 2. The number of aliphatic hydroxyl groups excluding tert-OH is 5. The Morgan fingerprint density at radius 1 is 0.972 bits per heavy atom. The van der Waals surface area contributed by atoms with Crippen molar-refractivity contribution in [2.45, 2.75) is 55.2 Å². The Labute approximate surface area is 199 Å². The van der Waals surface area contributed by atoms with Gasteiger partial charge in [-0.25, -0.2) is 13.9 Å². The van der Waals surface area contributed by atoms with Crippen LogP contribution in [-0.2, 0) is 36.8 Å². The number of aldehydes is 1. The van der Waals surface area contributed by atoms with E-state index in [0.717, 1.165) is 12.3 Å². The summed E-state index contributed by atoms with van der Waals surface area (Å²) in [7, 11) is -11.1. The van der Waals surface area contributed by atoms with Gasteiger partial charge in [0.25, 0.3) is 5.56 Å². The van der Waals surface area contributed by atoms with Gasteiger partial charge in [-0.2, -0.15) is 4.31 Å². The molecule has 36 heavy (non-hydrogen) atoms. The molecule has 0 saturated carbocycles. The molecular formula is C15H22N2O17P2. The van der Waals surface area contributed by atoms with E-state index in [1.165, 1.54) is 0 Å². The largest absolute Gasteiger partial charge is 0.483 e. The summed E-state index contributed by atoms with van der Waals surface area (Å²) in [6.45, 7) is -1.04. The Bertz CT molecular complexity index is 1160. The monoisotopic (exact) mass is 564 g/mol. The first kappa shape index (κ1) is 28.9. The molecule has 1 aromatic heterocycles. The van der Waals surface area contributed by atoms with Crippen LogP contribution in [-0.4, -0.2) is 107 Å². The number of nitrogens with zero attached hydrogens (tertiary/aromatic N) is 1. The second kappa shape index (κ2) is 11.0. The van der Waals surface area contributed by atoms with E-state index in [0.29, 0.717) is 4.57 Å². The number of hydrogen-bond acceptors (Lipinski definition) is 15. The van der Waals surface area contributed by atoms with Gasteiger partial charge in [0.15, 0.2) is 18.8 Å². The smallest absolute Gasteiger partial charge is 0.387 e. The van der Waals surface area contributed by atoms with Crippen molar-refractivity contribution in [1.82, 2.24) is 9.55 Å². The summed E-state index contributed by atoms with van der Waals surface area (Å²) in [6, 6.07) is 0.923. The normalized spacial score (nSPS) is 38.2. The number of aromatic nitrogens is 2. The van der Waals surface area contributed by atoms with E-state index in [2.05, 4.69) is 13.4 Å². The maximum Gasteiger partial charge on any atom is 0.483 e. The molecule has 3 unspecified atom stereocenters. The van der Waals surface area contributed by atoms with Crippen LogP contribution in [0.2, 0.25) is 0 Å². The third kappa shape index (κ3) is 6.42. The molecule has 0 aliphatic carbocycles. The van der Waals surface area contributed by atoms with Crippen molar-refractivity contribution < 1.29 is 72.1 Å². The van der Waals surface area contributed by atoms with E-state index in [4.69, 9.17) is 9.47 Å². The highest BCUT2D eigenvalue weighted by Gasteiger charge is 2.49. The zero-order chi connectivity index (χ0) is 27.0. The van der Waals surface area contributed by atoms with Crippen molar-refractivity contribution >= 4 is 21.9 Å². The quantitative estimate of drug-likeness (QED) is 0.103. The molecular weight excluding hydrogens is 542 g/mol. The molecule has 204 valence electrons. The zero-order valence-electron chi connectivity index (χ0n) is 17.7. The Balaban J connectivity index is 1.62. The molecule has 2 fully saturated rings. The number of carbonyl (C=O) groups excluding carboxylic acids is 1. The number of aromatic amines is 1. The minimum absolute atomic E-state index is 0.00486. The van der Waals surface area contributed by atoms with Crippen molar-refractivity contribution in [3.05, 3.63) is 33.1 Å². The fourth-order valence-corrected chi connectivity index (χ4v) is 5.43. The topological polar surface area (TPSA) is 294 Å². The van der Waals surface area contributed by atoms with Crippen molar-refractivity contribution in [1.29, 1.82) is 0 Å². The van der Waals surface area contributed by atoms with E-state index in [1.54, 1.807) is 0 Å². The molecule has 11 atom stereocenters. The summed E-state index contributed by atoms with van der Waals surface area (Å²) in [4.78, 5) is 55.3. The first-order valence-corrected chi connectivity index (χ1v) is 12.8. The highest BCUT2D eigenvalue weighted by molar-refractivity contribution is 7.61. The minimum atomic E-state index is -5.63. The SMILES string of the molecule is O=C[C@H]1O[C@H](OP(=O)(O)OP(=O)(O)OC[C@H]2O[C@@H](n3ccc(=O)[nH]c3=O)C(O)[C@H]2O)[C@H](O)[C@@H](O)[C@H]1O. The van der Waals surface area contributed by atoms with Gasteiger partial charge in [0.2, 0.25) is 0 Å². The van der Waals surface area contributed by atoms with E-state index >= 15 is 0 Å². The second-order valence-corrected chi connectivity index (χ2v) is 10.6.